The Hall–Kier alpha value is -4.05. The van der Waals surface area contributed by atoms with Gasteiger partial charge in [-0.2, -0.15) is 0 Å². The van der Waals surface area contributed by atoms with Gasteiger partial charge < -0.3 is 4.90 Å². The molecule has 0 bridgehead atoms. The molecule has 1 aliphatic heterocycles. The van der Waals surface area contributed by atoms with Crippen molar-refractivity contribution >= 4 is 21.6 Å². The molecule has 1 atom stereocenters. The third-order valence-electron chi connectivity index (χ3n) is 5.89. The first-order valence-corrected chi connectivity index (χ1v) is 12.5. The Kier molecular flexibility index (Phi) is 6.04. The normalized spacial score (nSPS) is 15.8. The number of anilines is 1. The maximum atomic E-state index is 14.0. The second-order valence-electron chi connectivity index (χ2n) is 8.26. The lowest BCUT2D eigenvalue weighted by molar-refractivity contribution is 0.0787. The highest BCUT2D eigenvalue weighted by molar-refractivity contribution is 7.92. The number of hydrogen-bond acceptors (Lipinski definition) is 5. The van der Waals surface area contributed by atoms with Gasteiger partial charge in [-0.15, -0.1) is 5.10 Å². The average Bonchev–Trinajstić information content (AvgIpc) is 3.54. The van der Waals surface area contributed by atoms with Crippen LogP contribution >= 0.6 is 0 Å². The summed E-state index contributed by atoms with van der Waals surface area (Å²) in [4.78, 5) is 14.4. The number of aromatic nitrogens is 3. The van der Waals surface area contributed by atoms with E-state index in [0.717, 1.165) is 23.7 Å². The number of sulfonamides is 1. The van der Waals surface area contributed by atoms with Crippen molar-refractivity contribution in [3.05, 3.63) is 96.4 Å². The van der Waals surface area contributed by atoms with Gasteiger partial charge in [0.1, 0.15) is 16.4 Å². The minimum Gasteiger partial charge on any atom is -0.336 e. The van der Waals surface area contributed by atoms with E-state index in [4.69, 9.17) is 0 Å². The summed E-state index contributed by atoms with van der Waals surface area (Å²) in [5.74, 6) is -1.07. The molecule has 35 heavy (non-hydrogen) atoms. The Labute approximate surface area is 202 Å². The second kappa shape index (κ2) is 9.30. The molecule has 3 aromatic carbocycles. The van der Waals surface area contributed by atoms with Crippen LogP contribution in [0.4, 0.5) is 10.1 Å². The number of halogens is 1. The fourth-order valence-electron chi connectivity index (χ4n) is 4.11. The summed E-state index contributed by atoms with van der Waals surface area (Å²) in [6.07, 6.45) is 2.61. The van der Waals surface area contributed by atoms with Crippen molar-refractivity contribution in [1.29, 1.82) is 0 Å². The van der Waals surface area contributed by atoms with Gasteiger partial charge in [0.25, 0.3) is 15.9 Å². The Balaban J connectivity index is 1.28. The molecule has 5 rings (SSSR count). The van der Waals surface area contributed by atoms with Gasteiger partial charge in [0.05, 0.1) is 12.2 Å². The molecule has 8 nitrogen and oxygen atoms in total. The summed E-state index contributed by atoms with van der Waals surface area (Å²) in [6.45, 7) is 0.997. The smallest absolute Gasteiger partial charge is 0.264 e. The van der Waals surface area contributed by atoms with Gasteiger partial charge in [-0.3, -0.25) is 9.52 Å². The summed E-state index contributed by atoms with van der Waals surface area (Å²) >= 11 is 0. The molecule has 178 valence electrons. The van der Waals surface area contributed by atoms with Crippen LogP contribution in [0.15, 0.2) is 90.0 Å². The predicted molar refractivity (Wildman–Crippen MR) is 129 cm³/mol. The zero-order valence-corrected chi connectivity index (χ0v) is 19.4. The van der Waals surface area contributed by atoms with E-state index in [2.05, 4.69) is 15.0 Å². The molecule has 0 saturated carbocycles. The number of carbonyl (C=O) groups excluding carboxylic acids is 1. The fraction of sp³-hybridized carbons (Fsp3) is 0.160. The van der Waals surface area contributed by atoms with Crippen molar-refractivity contribution in [2.75, 3.05) is 17.8 Å². The van der Waals surface area contributed by atoms with Crippen molar-refractivity contribution < 1.29 is 17.6 Å². The lowest BCUT2D eigenvalue weighted by Gasteiger charge is -2.17. The van der Waals surface area contributed by atoms with E-state index in [1.54, 1.807) is 21.7 Å². The molecule has 1 aromatic heterocycles. The largest absolute Gasteiger partial charge is 0.336 e. The SMILES string of the molecule is O=C(c1cccc(NS(=O)(=O)c2ccccc2F)c1)N1CCC(n2cc(-c3ccccc3)nn2)C1. The maximum Gasteiger partial charge on any atom is 0.264 e. The molecule has 0 radical (unpaired) electrons. The molecular formula is C25H22FN5O3S. The number of likely N-dealkylation sites (tertiary alicyclic amines) is 1. The van der Waals surface area contributed by atoms with E-state index >= 15 is 0 Å². The minimum absolute atomic E-state index is 0.00773. The van der Waals surface area contributed by atoms with Gasteiger partial charge in [-0.25, -0.2) is 17.5 Å². The monoisotopic (exact) mass is 491 g/mol. The quantitative estimate of drug-likeness (QED) is 0.440. The second-order valence-corrected chi connectivity index (χ2v) is 9.91. The molecule has 1 fully saturated rings. The first-order valence-electron chi connectivity index (χ1n) is 11.0. The molecule has 1 amide bonds. The minimum atomic E-state index is -4.14. The number of carbonyl (C=O) groups is 1. The molecule has 0 spiro atoms. The topological polar surface area (TPSA) is 97.2 Å². The van der Waals surface area contributed by atoms with E-state index in [0.29, 0.717) is 18.7 Å². The first-order chi connectivity index (χ1) is 16.9. The van der Waals surface area contributed by atoms with Crippen molar-refractivity contribution in [2.24, 2.45) is 0 Å². The van der Waals surface area contributed by atoms with Crippen molar-refractivity contribution in [3.63, 3.8) is 0 Å². The van der Waals surface area contributed by atoms with Gasteiger partial charge in [0, 0.05) is 29.9 Å². The summed E-state index contributed by atoms with van der Waals surface area (Å²) in [5, 5.41) is 8.51. The van der Waals surface area contributed by atoms with Crippen molar-refractivity contribution in [1.82, 2.24) is 19.9 Å². The van der Waals surface area contributed by atoms with Gasteiger partial charge in [0.15, 0.2) is 0 Å². The Morgan fingerprint density at radius 2 is 1.77 bits per heavy atom. The summed E-state index contributed by atoms with van der Waals surface area (Å²) in [6, 6.07) is 21.0. The molecule has 1 unspecified atom stereocenters. The third-order valence-corrected chi connectivity index (χ3v) is 7.31. The van der Waals surface area contributed by atoms with E-state index in [1.807, 2.05) is 36.5 Å². The molecule has 1 saturated heterocycles. The van der Waals surface area contributed by atoms with E-state index in [1.165, 1.54) is 30.3 Å². The number of rotatable bonds is 6. The van der Waals surface area contributed by atoms with E-state index in [9.17, 15) is 17.6 Å². The van der Waals surface area contributed by atoms with Gasteiger partial charge in [0.2, 0.25) is 0 Å². The highest BCUT2D eigenvalue weighted by Gasteiger charge is 2.29. The average molecular weight is 492 g/mol. The maximum absolute atomic E-state index is 14.0. The molecule has 2 heterocycles. The summed E-state index contributed by atoms with van der Waals surface area (Å²) in [7, 11) is -4.14. The first kappa shape index (κ1) is 22.7. The zero-order chi connectivity index (χ0) is 24.4. The van der Waals surface area contributed by atoms with E-state index in [-0.39, 0.29) is 17.6 Å². The third kappa shape index (κ3) is 4.78. The summed E-state index contributed by atoms with van der Waals surface area (Å²) in [5.41, 5.74) is 2.26. The number of nitrogens with one attached hydrogen (secondary N) is 1. The van der Waals surface area contributed by atoms with Crippen LogP contribution in [0.2, 0.25) is 0 Å². The highest BCUT2D eigenvalue weighted by Crippen LogP contribution is 2.26. The van der Waals surface area contributed by atoms with Crippen LogP contribution in [0.25, 0.3) is 11.3 Å². The standard InChI is InChI=1S/C25H22FN5O3S/c26-22-11-4-5-12-24(22)35(33,34)28-20-10-6-9-19(15-20)25(32)30-14-13-21(16-30)31-17-23(27-29-31)18-7-2-1-3-8-18/h1-12,15,17,21,28H,13-14,16H2. The van der Waals surface area contributed by atoms with Crippen LogP contribution in [0.1, 0.15) is 22.8 Å². The predicted octanol–water partition coefficient (Wildman–Crippen LogP) is 3.97. The summed E-state index contributed by atoms with van der Waals surface area (Å²) < 4.78 is 43.3. The van der Waals surface area contributed by atoms with Crippen LogP contribution in [-0.2, 0) is 10.0 Å². The molecule has 1 N–H and O–H groups in total. The van der Waals surface area contributed by atoms with E-state index < -0.39 is 20.7 Å². The lowest BCUT2D eigenvalue weighted by atomic mass is 10.2. The van der Waals surface area contributed by atoms with Crippen LogP contribution in [0, 0.1) is 5.82 Å². The Morgan fingerprint density at radius 3 is 2.57 bits per heavy atom. The van der Waals surface area contributed by atoms with Crippen molar-refractivity contribution in [2.45, 2.75) is 17.4 Å². The molecule has 4 aromatic rings. The lowest BCUT2D eigenvalue weighted by Crippen LogP contribution is -2.29. The molecule has 10 heteroatoms. The number of nitrogens with zero attached hydrogens (tertiary/aromatic N) is 4. The molecular weight excluding hydrogens is 469 g/mol. The Morgan fingerprint density at radius 1 is 1.00 bits per heavy atom. The zero-order valence-electron chi connectivity index (χ0n) is 18.6. The Bertz CT molecular complexity index is 1470. The van der Waals surface area contributed by atoms with Crippen LogP contribution in [0.3, 0.4) is 0 Å². The van der Waals surface area contributed by atoms with Crippen LogP contribution in [0.5, 0.6) is 0 Å². The van der Waals surface area contributed by atoms with Crippen molar-refractivity contribution in [3.8, 4) is 11.3 Å². The number of hydrogen-bond donors (Lipinski definition) is 1. The number of benzene rings is 3. The van der Waals surface area contributed by atoms with Gasteiger partial charge >= 0.3 is 0 Å². The molecule has 0 aliphatic carbocycles. The highest BCUT2D eigenvalue weighted by atomic mass is 32.2. The number of amides is 1. The molecule has 1 aliphatic rings. The van der Waals surface area contributed by atoms with Crippen LogP contribution in [-0.4, -0.2) is 47.3 Å². The van der Waals surface area contributed by atoms with Gasteiger partial charge in [-0.1, -0.05) is 53.7 Å². The van der Waals surface area contributed by atoms with Gasteiger partial charge in [-0.05, 0) is 36.8 Å². The van der Waals surface area contributed by atoms with Crippen LogP contribution < -0.4 is 4.72 Å². The fourth-order valence-corrected chi connectivity index (χ4v) is 5.24.